The first-order valence-electron chi connectivity index (χ1n) is 13.4. The minimum atomic E-state index is -4.54. The van der Waals surface area contributed by atoms with Crippen LogP contribution in [0.1, 0.15) is 54.9 Å². The van der Waals surface area contributed by atoms with Crippen molar-refractivity contribution >= 4 is 11.8 Å². The van der Waals surface area contributed by atoms with Crippen LogP contribution in [0.4, 0.5) is 19.0 Å². The summed E-state index contributed by atoms with van der Waals surface area (Å²) in [6.07, 6.45) is -2.37. The van der Waals surface area contributed by atoms with Crippen molar-refractivity contribution in [1.29, 1.82) is 0 Å². The number of hydrogen-bond donors (Lipinski definition) is 1. The molecule has 39 heavy (non-hydrogen) atoms. The lowest BCUT2D eigenvalue weighted by Crippen LogP contribution is -2.31. The van der Waals surface area contributed by atoms with Crippen molar-refractivity contribution in [3.05, 3.63) is 82.9 Å². The van der Waals surface area contributed by atoms with E-state index in [0.29, 0.717) is 38.1 Å². The minimum Gasteiger partial charge on any atom is -0.481 e. The van der Waals surface area contributed by atoms with Crippen LogP contribution in [0.2, 0.25) is 0 Å². The predicted octanol–water partition coefficient (Wildman–Crippen LogP) is 6.99. The van der Waals surface area contributed by atoms with E-state index in [0.717, 1.165) is 34.7 Å². The molecule has 0 bridgehead atoms. The molecule has 0 fully saturated rings. The Kier molecular flexibility index (Phi) is 8.95. The largest absolute Gasteiger partial charge is 0.481 e. The third-order valence-corrected chi connectivity index (χ3v) is 7.60. The van der Waals surface area contributed by atoms with E-state index < -0.39 is 23.6 Å². The van der Waals surface area contributed by atoms with E-state index in [1.54, 1.807) is 7.05 Å². The molecule has 3 atom stereocenters. The molecule has 1 aliphatic rings. The van der Waals surface area contributed by atoms with Gasteiger partial charge in [-0.2, -0.15) is 13.2 Å². The van der Waals surface area contributed by atoms with Gasteiger partial charge >= 0.3 is 12.1 Å². The second-order valence-electron chi connectivity index (χ2n) is 10.1. The molecule has 208 valence electrons. The fourth-order valence-corrected chi connectivity index (χ4v) is 5.48. The minimum absolute atomic E-state index is 0.123. The van der Waals surface area contributed by atoms with E-state index in [9.17, 15) is 23.1 Å². The van der Waals surface area contributed by atoms with E-state index in [1.165, 1.54) is 11.0 Å². The molecule has 8 heteroatoms. The Hall–Kier alpha value is -3.39. The monoisotopic (exact) mass is 540 g/mol. The van der Waals surface area contributed by atoms with Crippen molar-refractivity contribution < 1.29 is 27.8 Å². The number of carboxylic acids is 1. The Morgan fingerprint density at radius 3 is 2.46 bits per heavy atom. The van der Waals surface area contributed by atoms with Gasteiger partial charge in [-0.3, -0.25) is 4.79 Å². The van der Waals surface area contributed by atoms with E-state index in [1.807, 2.05) is 62.4 Å². The van der Waals surface area contributed by atoms with Crippen molar-refractivity contribution in [1.82, 2.24) is 4.98 Å². The number of fused-ring (bicyclic) bond motifs is 1. The number of carbonyl (C=O) groups is 1. The molecule has 4 rings (SSSR count). The number of alkyl halides is 3. The lowest BCUT2D eigenvalue weighted by molar-refractivity contribution is -0.144. The van der Waals surface area contributed by atoms with Crippen molar-refractivity contribution in [2.75, 3.05) is 25.1 Å². The molecular weight excluding hydrogens is 505 g/mol. The second kappa shape index (κ2) is 12.2. The third kappa shape index (κ3) is 6.44. The topological polar surface area (TPSA) is 62.7 Å². The molecule has 1 N–H and O–H groups in total. The Bertz CT molecular complexity index is 1280. The highest BCUT2D eigenvalue weighted by atomic mass is 19.4. The number of benzene rings is 2. The van der Waals surface area contributed by atoms with Crippen LogP contribution in [0.5, 0.6) is 0 Å². The molecule has 1 aromatic heterocycles. The van der Waals surface area contributed by atoms with Crippen LogP contribution < -0.4 is 4.90 Å². The Labute approximate surface area is 227 Å². The summed E-state index contributed by atoms with van der Waals surface area (Å²) in [5.74, 6) is -1.78. The highest BCUT2D eigenvalue weighted by Crippen LogP contribution is 2.42. The first-order chi connectivity index (χ1) is 18.6. The maximum absolute atomic E-state index is 13.8. The number of aliphatic carboxylic acids is 1. The summed E-state index contributed by atoms with van der Waals surface area (Å²) in [6, 6.07) is 18.0. The fourth-order valence-electron chi connectivity index (χ4n) is 5.48. The molecule has 5 nitrogen and oxygen atoms in total. The van der Waals surface area contributed by atoms with Crippen LogP contribution in [0.25, 0.3) is 11.3 Å². The molecule has 1 heterocycles. The molecule has 0 spiro atoms. The quantitative estimate of drug-likeness (QED) is 0.266. The average molecular weight is 541 g/mol. The van der Waals surface area contributed by atoms with Gasteiger partial charge in [-0.1, -0.05) is 62.4 Å². The molecule has 0 unspecified atom stereocenters. The summed E-state index contributed by atoms with van der Waals surface area (Å²) in [7, 11) is 1.60. The van der Waals surface area contributed by atoms with Crippen LogP contribution in [-0.2, 0) is 28.5 Å². The van der Waals surface area contributed by atoms with Gasteiger partial charge in [0.2, 0.25) is 0 Å². The molecular formula is C31H35F3N2O3. The Morgan fingerprint density at radius 2 is 1.82 bits per heavy atom. The summed E-state index contributed by atoms with van der Waals surface area (Å²) in [4.78, 5) is 17.9. The number of hydrogen-bond acceptors (Lipinski definition) is 4. The van der Waals surface area contributed by atoms with Crippen LogP contribution >= 0.6 is 0 Å². The van der Waals surface area contributed by atoms with Gasteiger partial charge in [0.25, 0.3) is 0 Å². The average Bonchev–Trinajstić information content (AvgIpc) is 3.28. The maximum atomic E-state index is 13.8. The second-order valence-corrected chi connectivity index (χ2v) is 10.1. The van der Waals surface area contributed by atoms with Gasteiger partial charge in [-0.15, -0.1) is 0 Å². The van der Waals surface area contributed by atoms with Gasteiger partial charge in [0.1, 0.15) is 5.82 Å². The molecule has 3 aromatic rings. The summed E-state index contributed by atoms with van der Waals surface area (Å²) in [6.45, 7) is 4.51. The Morgan fingerprint density at radius 1 is 1.10 bits per heavy atom. The fraction of sp³-hybridized carbons (Fsp3) is 0.419. The van der Waals surface area contributed by atoms with Crippen LogP contribution in [0.15, 0.2) is 60.7 Å². The first kappa shape index (κ1) is 28.6. The van der Waals surface area contributed by atoms with Gasteiger partial charge in [0.05, 0.1) is 23.3 Å². The van der Waals surface area contributed by atoms with Crippen LogP contribution in [0, 0.1) is 5.92 Å². The number of pyridine rings is 1. The number of carboxylic acid groups (broad SMARTS) is 1. The zero-order valence-corrected chi connectivity index (χ0v) is 22.5. The molecule has 0 radical (unpaired) electrons. The summed E-state index contributed by atoms with van der Waals surface area (Å²) in [5, 5.41) is 9.81. The number of rotatable bonds is 11. The van der Waals surface area contributed by atoms with Gasteiger partial charge < -0.3 is 14.7 Å². The van der Waals surface area contributed by atoms with Crippen LogP contribution in [0.3, 0.4) is 0 Å². The van der Waals surface area contributed by atoms with E-state index in [2.05, 4.69) is 4.98 Å². The number of halogens is 3. The number of anilines is 1. The van der Waals surface area contributed by atoms with E-state index in [-0.39, 0.29) is 17.8 Å². The maximum Gasteiger partial charge on any atom is 0.419 e. The van der Waals surface area contributed by atoms with Crippen molar-refractivity contribution in [2.24, 2.45) is 5.92 Å². The lowest BCUT2D eigenvalue weighted by Gasteiger charge is -2.27. The predicted molar refractivity (Wildman–Crippen MR) is 146 cm³/mol. The van der Waals surface area contributed by atoms with Gasteiger partial charge in [0, 0.05) is 31.7 Å². The summed E-state index contributed by atoms with van der Waals surface area (Å²) in [5.41, 5.74) is 3.70. The van der Waals surface area contributed by atoms with E-state index in [4.69, 9.17) is 4.74 Å². The number of ether oxygens (including phenoxy) is 1. The molecule has 1 aliphatic carbocycles. The molecule has 0 amide bonds. The number of aromatic nitrogens is 1. The highest BCUT2D eigenvalue weighted by molar-refractivity contribution is 5.72. The highest BCUT2D eigenvalue weighted by Gasteiger charge is 2.41. The Balaban J connectivity index is 1.45. The van der Waals surface area contributed by atoms with Crippen LogP contribution in [-0.4, -0.2) is 42.4 Å². The van der Waals surface area contributed by atoms with Crippen molar-refractivity contribution in [2.45, 2.75) is 57.7 Å². The summed E-state index contributed by atoms with van der Waals surface area (Å²) >= 11 is 0. The van der Waals surface area contributed by atoms with Gasteiger partial charge in [-0.25, -0.2) is 4.98 Å². The molecule has 0 saturated carbocycles. The zero-order valence-electron chi connectivity index (χ0n) is 22.5. The molecule has 2 aromatic carbocycles. The van der Waals surface area contributed by atoms with Gasteiger partial charge in [0.15, 0.2) is 0 Å². The SMILES string of the molecule is CCc1ccc(-c2ccc(C(F)(F)F)c(N(C)CCCO[C@H]3Cc4ccccc4[C@@H]3[C@H](CC)C(=O)O)n2)cc1. The zero-order chi connectivity index (χ0) is 28.2. The lowest BCUT2D eigenvalue weighted by atomic mass is 9.84. The normalized spacial score (nSPS) is 17.6. The number of aryl methyl sites for hydroxylation is 1. The van der Waals surface area contributed by atoms with Crippen molar-refractivity contribution in [3.63, 3.8) is 0 Å². The summed E-state index contributed by atoms with van der Waals surface area (Å²) < 4.78 is 47.7. The first-order valence-corrected chi connectivity index (χ1v) is 13.4. The number of nitrogens with zero attached hydrogens (tertiary/aromatic N) is 2. The van der Waals surface area contributed by atoms with E-state index >= 15 is 0 Å². The molecule has 0 aliphatic heterocycles. The molecule has 0 saturated heterocycles. The smallest absolute Gasteiger partial charge is 0.419 e. The standard InChI is InChI=1S/C31H35F3N2O3/c1-4-20-11-13-21(14-12-20)26-16-15-25(31(32,33)34)29(35-26)36(3)17-8-18-39-27-19-22-9-6-7-10-24(22)28(27)23(5-2)30(37)38/h6-7,9-16,23,27-28H,4-5,8,17-19H2,1-3H3,(H,37,38)/t23-,27-,28-/m0/s1. The van der Waals surface area contributed by atoms with Gasteiger partial charge in [-0.05, 0) is 54.5 Å². The third-order valence-electron chi connectivity index (χ3n) is 7.60. The van der Waals surface area contributed by atoms with Crippen molar-refractivity contribution in [3.8, 4) is 11.3 Å².